The highest BCUT2D eigenvalue weighted by Gasteiger charge is 2.28. The molecular weight excluding hydrogens is 368 g/mol. The fourth-order valence-corrected chi connectivity index (χ4v) is 3.64. The number of hydrogen-bond donors (Lipinski definition) is 2. The maximum atomic E-state index is 12.5. The molecule has 29 heavy (non-hydrogen) atoms. The molecule has 0 aliphatic carbocycles. The number of anilines is 1. The van der Waals surface area contributed by atoms with E-state index in [1.807, 2.05) is 54.6 Å². The lowest BCUT2D eigenvalue weighted by atomic mass is 10.1. The molecule has 4 rings (SSSR count). The molecule has 148 valence electrons. The molecular formula is C22H22N4O3. The molecule has 0 radical (unpaired) electrons. The Labute approximate surface area is 168 Å². The average Bonchev–Trinajstić information content (AvgIpc) is 3.39. The van der Waals surface area contributed by atoms with Crippen molar-refractivity contribution in [1.29, 1.82) is 0 Å². The van der Waals surface area contributed by atoms with Crippen LogP contribution >= 0.6 is 0 Å². The zero-order chi connectivity index (χ0) is 20.2. The highest BCUT2D eigenvalue weighted by Crippen LogP contribution is 2.22. The van der Waals surface area contributed by atoms with Crippen molar-refractivity contribution in [1.82, 2.24) is 10.1 Å². The fraction of sp³-hybridized carbons (Fsp3) is 0.227. The van der Waals surface area contributed by atoms with E-state index in [1.165, 1.54) is 0 Å². The van der Waals surface area contributed by atoms with E-state index in [4.69, 9.17) is 10.3 Å². The van der Waals surface area contributed by atoms with Crippen molar-refractivity contribution >= 4 is 17.5 Å². The Balaban J connectivity index is 1.43. The van der Waals surface area contributed by atoms with Crippen molar-refractivity contribution in [3.05, 3.63) is 72.0 Å². The van der Waals surface area contributed by atoms with Crippen molar-refractivity contribution < 1.29 is 14.1 Å². The van der Waals surface area contributed by atoms with Crippen LogP contribution in [0.5, 0.6) is 0 Å². The number of nitrogens with one attached hydrogen (secondary N) is 1. The molecule has 1 unspecified atom stereocenters. The van der Waals surface area contributed by atoms with Gasteiger partial charge in [0.05, 0.1) is 6.04 Å². The Morgan fingerprint density at radius 1 is 1.14 bits per heavy atom. The molecule has 0 saturated carbocycles. The molecule has 2 heterocycles. The minimum absolute atomic E-state index is 0.141. The Morgan fingerprint density at radius 2 is 1.97 bits per heavy atom. The van der Waals surface area contributed by atoms with Crippen LogP contribution in [0.15, 0.2) is 65.2 Å². The molecule has 2 aromatic carbocycles. The summed E-state index contributed by atoms with van der Waals surface area (Å²) in [6.45, 7) is 1.45. The van der Waals surface area contributed by atoms with Crippen molar-refractivity contribution in [3.63, 3.8) is 0 Å². The fourth-order valence-electron chi connectivity index (χ4n) is 3.64. The number of aromatic nitrogens is 1. The number of carbonyl (C=O) groups is 2. The molecule has 3 aromatic rings. The molecule has 2 amide bonds. The first-order valence-corrected chi connectivity index (χ1v) is 9.56. The molecule has 1 atom stereocenters. The predicted molar refractivity (Wildman–Crippen MR) is 109 cm³/mol. The molecule has 1 fully saturated rings. The van der Waals surface area contributed by atoms with Gasteiger partial charge in [0, 0.05) is 23.9 Å². The van der Waals surface area contributed by atoms with Gasteiger partial charge in [-0.25, -0.2) is 0 Å². The number of nitrogens with two attached hydrogens (primary N) is 1. The first kappa shape index (κ1) is 18.9. The van der Waals surface area contributed by atoms with Gasteiger partial charge >= 0.3 is 0 Å². The van der Waals surface area contributed by atoms with Crippen LogP contribution < -0.4 is 11.1 Å². The van der Waals surface area contributed by atoms with Crippen LogP contribution in [0.1, 0.15) is 29.0 Å². The summed E-state index contributed by atoms with van der Waals surface area (Å²) in [6, 6.07) is 18.5. The number of rotatable bonds is 6. The normalized spacial score (nSPS) is 16.6. The Kier molecular flexibility index (Phi) is 5.39. The largest absolute Gasteiger partial charge is 0.368 e. The Morgan fingerprint density at radius 3 is 2.76 bits per heavy atom. The summed E-state index contributed by atoms with van der Waals surface area (Å²) >= 11 is 0. The third kappa shape index (κ3) is 4.35. The summed E-state index contributed by atoms with van der Waals surface area (Å²) in [6.07, 6.45) is 1.75. The molecule has 0 spiro atoms. The van der Waals surface area contributed by atoms with Crippen LogP contribution in [0.2, 0.25) is 0 Å². The molecule has 0 bridgehead atoms. The van der Waals surface area contributed by atoms with Gasteiger partial charge in [-0.3, -0.25) is 14.5 Å². The van der Waals surface area contributed by atoms with E-state index < -0.39 is 0 Å². The van der Waals surface area contributed by atoms with E-state index in [0.29, 0.717) is 17.9 Å². The molecule has 1 aromatic heterocycles. The van der Waals surface area contributed by atoms with Gasteiger partial charge in [0.25, 0.3) is 5.91 Å². The molecule has 1 aliphatic rings. The highest BCUT2D eigenvalue weighted by molar-refractivity contribution is 6.02. The molecule has 1 aliphatic heterocycles. The Bertz CT molecular complexity index is 1020. The standard InChI is InChI=1S/C22H22N4O3/c23-21(27)19-10-5-11-26(19)14-15-6-4-9-17(12-15)24-22(28)20-13-18(25-29-20)16-7-2-1-3-8-16/h1-4,6-9,12-13,19H,5,10-11,14H2,(H2,23,27)(H,24,28). The minimum atomic E-state index is -0.368. The van der Waals surface area contributed by atoms with Crippen LogP contribution in [0.3, 0.4) is 0 Å². The van der Waals surface area contributed by atoms with E-state index >= 15 is 0 Å². The van der Waals surface area contributed by atoms with E-state index in [2.05, 4.69) is 15.4 Å². The number of likely N-dealkylation sites (tertiary alicyclic amines) is 1. The number of amides is 2. The first-order chi connectivity index (χ1) is 14.1. The monoisotopic (exact) mass is 390 g/mol. The third-order valence-electron chi connectivity index (χ3n) is 5.07. The second-order valence-electron chi connectivity index (χ2n) is 7.13. The number of benzene rings is 2. The lowest BCUT2D eigenvalue weighted by Crippen LogP contribution is -2.39. The van der Waals surface area contributed by atoms with Gasteiger partial charge in [-0.15, -0.1) is 0 Å². The summed E-state index contributed by atoms with van der Waals surface area (Å²) in [5, 5.41) is 6.81. The highest BCUT2D eigenvalue weighted by atomic mass is 16.5. The van der Waals surface area contributed by atoms with Crippen LogP contribution in [-0.2, 0) is 11.3 Å². The lowest BCUT2D eigenvalue weighted by molar-refractivity contribution is -0.122. The van der Waals surface area contributed by atoms with E-state index in [9.17, 15) is 9.59 Å². The number of carbonyl (C=O) groups excluding carboxylic acids is 2. The topological polar surface area (TPSA) is 101 Å². The molecule has 7 nitrogen and oxygen atoms in total. The first-order valence-electron chi connectivity index (χ1n) is 9.56. The van der Waals surface area contributed by atoms with Gasteiger partial charge in [0.2, 0.25) is 11.7 Å². The molecule has 7 heteroatoms. The SMILES string of the molecule is NC(=O)C1CCCN1Cc1cccc(NC(=O)c2cc(-c3ccccc3)no2)c1. The lowest BCUT2D eigenvalue weighted by Gasteiger charge is -2.22. The van der Waals surface area contributed by atoms with Gasteiger partial charge in [-0.1, -0.05) is 47.6 Å². The maximum Gasteiger partial charge on any atom is 0.294 e. The van der Waals surface area contributed by atoms with E-state index in [-0.39, 0.29) is 23.6 Å². The zero-order valence-corrected chi connectivity index (χ0v) is 15.9. The number of nitrogens with zero attached hydrogens (tertiary/aromatic N) is 2. The summed E-state index contributed by atoms with van der Waals surface area (Å²) in [4.78, 5) is 26.2. The van der Waals surface area contributed by atoms with Crippen LogP contribution in [-0.4, -0.2) is 34.5 Å². The van der Waals surface area contributed by atoms with Gasteiger partial charge in [-0.05, 0) is 37.1 Å². The van der Waals surface area contributed by atoms with Gasteiger partial charge in [0.1, 0.15) is 5.69 Å². The Hall–Kier alpha value is -3.45. The van der Waals surface area contributed by atoms with Crippen LogP contribution in [0.4, 0.5) is 5.69 Å². The second-order valence-corrected chi connectivity index (χ2v) is 7.13. The van der Waals surface area contributed by atoms with Crippen molar-refractivity contribution in [2.24, 2.45) is 5.73 Å². The molecule has 1 saturated heterocycles. The summed E-state index contributed by atoms with van der Waals surface area (Å²) < 4.78 is 5.21. The van der Waals surface area contributed by atoms with Crippen LogP contribution in [0, 0.1) is 0 Å². The van der Waals surface area contributed by atoms with Crippen molar-refractivity contribution in [3.8, 4) is 11.3 Å². The maximum absolute atomic E-state index is 12.5. The quantitative estimate of drug-likeness (QED) is 0.674. The minimum Gasteiger partial charge on any atom is -0.368 e. The van der Waals surface area contributed by atoms with Gasteiger partial charge in [-0.2, -0.15) is 0 Å². The summed E-state index contributed by atoms with van der Waals surface area (Å²) in [5.41, 5.74) is 8.63. The zero-order valence-electron chi connectivity index (χ0n) is 15.9. The summed E-state index contributed by atoms with van der Waals surface area (Å²) in [5.74, 6) is -0.512. The van der Waals surface area contributed by atoms with E-state index in [0.717, 1.165) is 30.5 Å². The smallest absolute Gasteiger partial charge is 0.294 e. The summed E-state index contributed by atoms with van der Waals surface area (Å²) in [7, 11) is 0. The average molecular weight is 390 g/mol. The molecule has 3 N–H and O–H groups in total. The van der Waals surface area contributed by atoms with Gasteiger partial charge < -0.3 is 15.6 Å². The van der Waals surface area contributed by atoms with E-state index in [1.54, 1.807) is 6.07 Å². The van der Waals surface area contributed by atoms with Crippen LogP contribution in [0.25, 0.3) is 11.3 Å². The predicted octanol–water partition coefficient (Wildman–Crippen LogP) is 3.04. The second kappa shape index (κ2) is 8.28. The van der Waals surface area contributed by atoms with Crippen molar-refractivity contribution in [2.45, 2.75) is 25.4 Å². The third-order valence-corrected chi connectivity index (χ3v) is 5.07. The number of hydrogen-bond acceptors (Lipinski definition) is 5. The van der Waals surface area contributed by atoms with Crippen molar-refractivity contribution in [2.75, 3.05) is 11.9 Å². The number of primary amides is 1. The van der Waals surface area contributed by atoms with Gasteiger partial charge in [0.15, 0.2) is 0 Å².